The van der Waals surface area contributed by atoms with E-state index >= 15 is 0 Å². The Balaban J connectivity index is 2.05. The normalized spacial score (nSPS) is 17.2. The maximum absolute atomic E-state index is 12.3. The van der Waals surface area contributed by atoms with Gasteiger partial charge in [-0.3, -0.25) is 14.4 Å². The standard InChI is InChI=1S/C18H21Cl2N3O6/c19-5-7-22(8-6-20)13-3-1-12(2-4-13)9-14(21-11-24)18(28)29-23-16(26)10-15(25)17(23)27/h1-4,11,14-15,25H,5-10H2,(H,21,24)/t14-,15?/m0/s1. The van der Waals surface area contributed by atoms with Crippen molar-refractivity contribution in [2.24, 2.45) is 0 Å². The molecule has 0 aromatic heterocycles. The summed E-state index contributed by atoms with van der Waals surface area (Å²) in [7, 11) is 0. The van der Waals surface area contributed by atoms with Crippen LogP contribution in [0.3, 0.4) is 0 Å². The fraction of sp³-hybridized carbons (Fsp3) is 0.444. The van der Waals surface area contributed by atoms with Crippen LogP contribution in [0.5, 0.6) is 0 Å². The number of amides is 3. The lowest BCUT2D eigenvalue weighted by molar-refractivity contribution is -0.200. The highest BCUT2D eigenvalue weighted by atomic mass is 35.5. The number of carbonyl (C=O) groups excluding carboxylic acids is 4. The van der Waals surface area contributed by atoms with Gasteiger partial charge in [0.1, 0.15) is 12.1 Å². The highest BCUT2D eigenvalue weighted by molar-refractivity contribution is 6.18. The molecular weight excluding hydrogens is 425 g/mol. The summed E-state index contributed by atoms with van der Waals surface area (Å²) in [5.74, 6) is -1.96. The molecule has 3 amide bonds. The highest BCUT2D eigenvalue weighted by Gasteiger charge is 2.41. The predicted octanol–water partition coefficient (Wildman–Crippen LogP) is 0.206. The Morgan fingerprint density at radius 3 is 2.38 bits per heavy atom. The zero-order valence-corrected chi connectivity index (χ0v) is 16.9. The minimum absolute atomic E-state index is 0.0711. The number of benzene rings is 1. The molecule has 1 aromatic rings. The minimum Gasteiger partial charge on any atom is -0.383 e. The number of aliphatic hydroxyl groups is 1. The Morgan fingerprint density at radius 1 is 1.28 bits per heavy atom. The van der Waals surface area contributed by atoms with E-state index in [4.69, 9.17) is 28.0 Å². The van der Waals surface area contributed by atoms with Gasteiger partial charge in [-0.1, -0.05) is 17.2 Å². The molecule has 0 radical (unpaired) electrons. The molecule has 9 nitrogen and oxygen atoms in total. The zero-order chi connectivity index (χ0) is 21.4. The van der Waals surface area contributed by atoms with Gasteiger partial charge in [-0.2, -0.15) is 0 Å². The number of nitrogens with one attached hydrogen (secondary N) is 1. The van der Waals surface area contributed by atoms with Crippen molar-refractivity contribution in [3.05, 3.63) is 29.8 Å². The van der Waals surface area contributed by atoms with Gasteiger partial charge in [-0.15, -0.1) is 23.2 Å². The molecule has 1 aliphatic rings. The van der Waals surface area contributed by atoms with Crippen LogP contribution in [0.15, 0.2) is 24.3 Å². The number of imide groups is 1. The lowest BCUT2D eigenvalue weighted by Crippen LogP contribution is -2.44. The molecule has 0 saturated carbocycles. The van der Waals surface area contributed by atoms with Crippen LogP contribution in [0.4, 0.5) is 5.69 Å². The number of carbonyl (C=O) groups is 4. The second kappa shape index (κ2) is 11.0. The molecule has 1 unspecified atom stereocenters. The van der Waals surface area contributed by atoms with Crippen LogP contribution in [-0.4, -0.2) is 71.4 Å². The van der Waals surface area contributed by atoms with Gasteiger partial charge in [-0.25, -0.2) is 4.79 Å². The first kappa shape index (κ1) is 22.9. The van der Waals surface area contributed by atoms with Crippen molar-refractivity contribution in [3.63, 3.8) is 0 Å². The lowest BCUT2D eigenvalue weighted by Gasteiger charge is -2.23. The third-order valence-electron chi connectivity index (χ3n) is 4.26. The Labute approximate surface area is 177 Å². The van der Waals surface area contributed by atoms with Crippen molar-refractivity contribution in [1.29, 1.82) is 0 Å². The fourth-order valence-electron chi connectivity index (χ4n) is 2.79. The Hall–Kier alpha value is -2.36. The number of alkyl halides is 2. The first-order valence-corrected chi connectivity index (χ1v) is 9.90. The number of aliphatic hydroxyl groups excluding tert-OH is 1. The molecule has 1 saturated heterocycles. The molecule has 2 rings (SSSR count). The molecule has 0 aliphatic carbocycles. The van der Waals surface area contributed by atoms with E-state index in [2.05, 4.69) is 5.32 Å². The first-order valence-electron chi connectivity index (χ1n) is 8.83. The van der Waals surface area contributed by atoms with Gasteiger partial charge >= 0.3 is 5.97 Å². The number of nitrogens with zero attached hydrogens (tertiary/aromatic N) is 2. The molecule has 11 heteroatoms. The summed E-state index contributed by atoms with van der Waals surface area (Å²) >= 11 is 11.6. The summed E-state index contributed by atoms with van der Waals surface area (Å²) < 4.78 is 0. The third kappa shape index (κ3) is 6.06. The Morgan fingerprint density at radius 2 is 1.90 bits per heavy atom. The number of anilines is 1. The van der Waals surface area contributed by atoms with Gasteiger partial charge < -0.3 is 20.2 Å². The average Bonchev–Trinajstić information content (AvgIpc) is 2.94. The van der Waals surface area contributed by atoms with Crippen LogP contribution in [0.1, 0.15) is 12.0 Å². The van der Waals surface area contributed by atoms with Crippen molar-refractivity contribution in [1.82, 2.24) is 10.4 Å². The monoisotopic (exact) mass is 445 g/mol. The number of hydrogen-bond donors (Lipinski definition) is 2. The van der Waals surface area contributed by atoms with Crippen molar-refractivity contribution < 1.29 is 29.1 Å². The molecule has 2 atom stereocenters. The zero-order valence-electron chi connectivity index (χ0n) is 15.4. The van der Waals surface area contributed by atoms with Crippen LogP contribution in [0.25, 0.3) is 0 Å². The summed E-state index contributed by atoms with van der Waals surface area (Å²) in [6.07, 6.45) is -1.60. The molecule has 1 fully saturated rings. The maximum atomic E-state index is 12.3. The summed E-state index contributed by atoms with van der Waals surface area (Å²) in [6.45, 7) is 1.25. The summed E-state index contributed by atoms with van der Waals surface area (Å²) in [6, 6.07) is 6.09. The second-order valence-corrected chi connectivity index (χ2v) is 6.99. The molecule has 0 bridgehead atoms. The van der Waals surface area contributed by atoms with E-state index in [0.717, 1.165) is 5.69 Å². The molecule has 1 heterocycles. The minimum atomic E-state index is -1.54. The van der Waals surface area contributed by atoms with E-state index in [1.165, 1.54) is 0 Å². The molecule has 1 aliphatic heterocycles. The van der Waals surface area contributed by atoms with Gasteiger partial charge in [0.25, 0.3) is 11.8 Å². The van der Waals surface area contributed by atoms with Crippen molar-refractivity contribution >= 4 is 53.1 Å². The van der Waals surface area contributed by atoms with E-state index in [9.17, 15) is 24.3 Å². The van der Waals surface area contributed by atoms with Gasteiger partial charge in [0.2, 0.25) is 6.41 Å². The maximum Gasteiger partial charge on any atom is 0.355 e. The van der Waals surface area contributed by atoms with E-state index in [1.54, 1.807) is 12.1 Å². The topological polar surface area (TPSA) is 116 Å². The van der Waals surface area contributed by atoms with Crippen LogP contribution < -0.4 is 10.2 Å². The molecule has 1 aromatic carbocycles. The second-order valence-electron chi connectivity index (χ2n) is 6.23. The lowest BCUT2D eigenvalue weighted by atomic mass is 10.1. The van der Waals surface area contributed by atoms with Gasteiger partial charge in [-0.05, 0) is 17.7 Å². The van der Waals surface area contributed by atoms with Gasteiger partial charge in [0, 0.05) is 37.0 Å². The van der Waals surface area contributed by atoms with E-state index < -0.39 is 36.4 Å². The SMILES string of the molecule is O=CN[C@@H](Cc1ccc(N(CCCl)CCCl)cc1)C(=O)ON1C(=O)CC(O)C1=O. The molecule has 158 valence electrons. The predicted molar refractivity (Wildman–Crippen MR) is 105 cm³/mol. The van der Waals surface area contributed by atoms with Gasteiger partial charge in [0.15, 0.2) is 0 Å². The molecule has 0 spiro atoms. The molecule has 29 heavy (non-hydrogen) atoms. The summed E-state index contributed by atoms with van der Waals surface area (Å²) in [5, 5.41) is 11.9. The number of hydrogen-bond acceptors (Lipinski definition) is 7. The number of hydroxylamine groups is 2. The fourth-order valence-corrected chi connectivity index (χ4v) is 3.20. The first-order chi connectivity index (χ1) is 13.9. The quantitative estimate of drug-likeness (QED) is 0.284. The van der Waals surface area contributed by atoms with E-state index in [-0.39, 0.29) is 11.5 Å². The van der Waals surface area contributed by atoms with E-state index in [1.807, 2.05) is 17.0 Å². The highest BCUT2D eigenvalue weighted by Crippen LogP contribution is 2.18. The van der Waals surface area contributed by atoms with Crippen LogP contribution >= 0.6 is 23.2 Å². The number of halogens is 2. The summed E-state index contributed by atoms with van der Waals surface area (Å²) in [4.78, 5) is 53.3. The molecule has 2 N–H and O–H groups in total. The Bertz CT molecular complexity index is 740. The average molecular weight is 446 g/mol. The summed E-state index contributed by atoms with van der Waals surface area (Å²) in [5.41, 5.74) is 1.61. The van der Waals surface area contributed by atoms with Gasteiger partial charge in [0.05, 0.1) is 6.42 Å². The van der Waals surface area contributed by atoms with Crippen molar-refractivity contribution in [2.45, 2.75) is 25.0 Å². The Kier molecular flexibility index (Phi) is 8.69. The van der Waals surface area contributed by atoms with Crippen LogP contribution in [-0.2, 0) is 30.4 Å². The third-order valence-corrected chi connectivity index (χ3v) is 4.60. The van der Waals surface area contributed by atoms with Crippen LogP contribution in [0.2, 0.25) is 0 Å². The van der Waals surface area contributed by atoms with Crippen molar-refractivity contribution in [3.8, 4) is 0 Å². The molecular formula is C18H21Cl2N3O6. The van der Waals surface area contributed by atoms with Crippen LogP contribution in [0, 0.1) is 0 Å². The smallest absolute Gasteiger partial charge is 0.355 e. The van der Waals surface area contributed by atoms with E-state index in [0.29, 0.717) is 36.8 Å². The van der Waals surface area contributed by atoms with Crippen molar-refractivity contribution in [2.75, 3.05) is 29.7 Å². The number of rotatable bonds is 11. The largest absolute Gasteiger partial charge is 0.383 e.